The fraction of sp³-hybridized carbons (Fsp3) is 0.429. The van der Waals surface area contributed by atoms with Crippen LogP contribution in [0.25, 0.3) is 0 Å². The molecule has 0 saturated carbocycles. The highest BCUT2D eigenvalue weighted by molar-refractivity contribution is 7.89. The third-order valence-corrected chi connectivity index (χ3v) is 5.54. The summed E-state index contributed by atoms with van der Waals surface area (Å²) in [5.41, 5.74) is 1.47. The molecule has 1 aromatic rings. The highest BCUT2D eigenvalue weighted by Crippen LogP contribution is 2.18. The summed E-state index contributed by atoms with van der Waals surface area (Å²) in [4.78, 5) is 2.29. The van der Waals surface area contributed by atoms with Crippen LogP contribution in [0.1, 0.15) is 6.42 Å². The van der Waals surface area contributed by atoms with Crippen LogP contribution in [0.2, 0.25) is 0 Å². The SMILES string of the molecule is O=S(=O)(c1ccc(F)cc1)N1CCCN(C/C=C/Cl)CC1. The standard InChI is InChI=1S/C14H18ClFN2O2S/c15-7-1-8-17-9-2-10-18(12-11-17)21(19,20)14-5-3-13(16)4-6-14/h1,3-7H,2,8-12H2/b7-1+. The van der Waals surface area contributed by atoms with E-state index in [1.54, 1.807) is 0 Å². The van der Waals surface area contributed by atoms with E-state index in [-0.39, 0.29) is 4.90 Å². The molecule has 1 aliphatic rings. The Morgan fingerprint density at radius 1 is 1.14 bits per heavy atom. The van der Waals surface area contributed by atoms with Crippen molar-refractivity contribution in [3.05, 3.63) is 41.7 Å². The molecule has 0 N–H and O–H groups in total. The van der Waals surface area contributed by atoms with Crippen molar-refractivity contribution in [2.45, 2.75) is 11.3 Å². The largest absolute Gasteiger partial charge is 0.298 e. The Bertz CT molecular complexity index is 589. The van der Waals surface area contributed by atoms with Gasteiger partial charge in [0, 0.05) is 31.7 Å². The van der Waals surface area contributed by atoms with Crippen molar-refractivity contribution in [3.63, 3.8) is 0 Å². The molecule has 0 aliphatic carbocycles. The van der Waals surface area contributed by atoms with Gasteiger partial charge in [0.25, 0.3) is 0 Å². The van der Waals surface area contributed by atoms with E-state index in [1.165, 1.54) is 34.1 Å². The summed E-state index contributed by atoms with van der Waals surface area (Å²) in [7, 11) is -3.55. The molecule has 1 fully saturated rings. The minimum Gasteiger partial charge on any atom is -0.298 e. The van der Waals surface area contributed by atoms with Crippen molar-refractivity contribution >= 4 is 21.6 Å². The first kappa shape index (κ1) is 16.4. The molecule has 1 aromatic carbocycles. The fourth-order valence-corrected chi connectivity index (χ4v) is 3.86. The minimum atomic E-state index is -3.55. The maximum atomic E-state index is 12.9. The summed E-state index contributed by atoms with van der Waals surface area (Å²) >= 11 is 5.51. The van der Waals surface area contributed by atoms with Crippen LogP contribution in [-0.2, 0) is 10.0 Å². The van der Waals surface area contributed by atoms with Gasteiger partial charge >= 0.3 is 0 Å². The van der Waals surface area contributed by atoms with Gasteiger partial charge in [0.1, 0.15) is 5.82 Å². The molecule has 0 spiro atoms. The van der Waals surface area contributed by atoms with Gasteiger partial charge in [-0.3, -0.25) is 4.90 Å². The average molecular weight is 333 g/mol. The predicted octanol–water partition coefficient (Wildman–Crippen LogP) is 2.27. The lowest BCUT2D eigenvalue weighted by Gasteiger charge is -2.21. The number of sulfonamides is 1. The monoisotopic (exact) mass is 332 g/mol. The van der Waals surface area contributed by atoms with E-state index >= 15 is 0 Å². The molecule has 0 atom stereocenters. The predicted molar refractivity (Wildman–Crippen MR) is 81.2 cm³/mol. The maximum Gasteiger partial charge on any atom is 0.243 e. The second kappa shape index (κ2) is 7.35. The Balaban J connectivity index is 2.08. The van der Waals surface area contributed by atoms with Gasteiger partial charge in [0.05, 0.1) is 4.90 Å². The number of hydrogen-bond donors (Lipinski definition) is 0. The van der Waals surface area contributed by atoms with Crippen LogP contribution in [0.5, 0.6) is 0 Å². The molecule has 116 valence electrons. The quantitative estimate of drug-likeness (QED) is 0.849. The molecule has 1 aliphatic heterocycles. The third kappa shape index (κ3) is 4.26. The number of halogens is 2. The molecule has 21 heavy (non-hydrogen) atoms. The Morgan fingerprint density at radius 2 is 1.86 bits per heavy atom. The Labute approximate surface area is 129 Å². The zero-order valence-electron chi connectivity index (χ0n) is 11.6. The van der Waals surface area contributed by atoms with Crippen LogP contribution < -0.4 is 0 Å². The first-order valence-corrected chi connectivity index (χ1v) is 8.65. The third-order valence-electron chi connectivity index (χ3n) is 3.45. The van der Waals surface area contributed by atoms with Gasteiger partial charge in [-0.1, -0.05) is 17.7 Å². The van der Waals surface area contributed by atoms with Gasteiger partial charge in [-0.2, -0.15) is 4.31 Å². The van der Waals surface area contributed by atoms with Crippen LogP contribution in [0, 0.1) is 5.82 Å². The molecule has 7 heteroatoms. The normalized spacial score (nSPS) is 19.0. The van der Waals surface area contributed by atoms with Crippen molar-refractivity contribution in [2.24, 2.45) is 0 Å². The van der Waals surface area contributed by atoms with Gasteiger partial charge in [-0.05, 0) is 37.2 Å². The van der Waals surface area contributed by atoms with Crippen LogP contribution in [0.4, 0.5) is 4.39 Å². The van der Waals surface area contributed by atoms with E-state index in [2.05, 4.69) is 4.90 Å². The number of hydrogen-bond acceptors (Lipinski definition) is 3. The van der Waals surface area contributed by atoms with Crippen LogP contribution >= 0.6 is 11.6 Å². The van der Waals surface area contributed by atoms with E-state index in [0.717, 1.165) is 13.0 Å². The Kier molecular flexibility index (Phi) is 5.75. The second-order valence-corrected chi connectivity index (χ2v) is 7.06. The van der Waals surface area contributed by atoms with Crippen molar-refractivity contribution in [2.75, 3.05) is 32.7 Å². The zero-order chi connectivity index (χ0) is 15.3. The summed E-state index contributed by atoms with van der Waals surface area (Å²) in [6.45, 7) is 3.10. The summed E-state index contributed by atoms with van der Waals surface area (Å²) < 4.78 is 39.4. The minimum absolute atomic E-state index is 0.137. The molecule has 0 amide bonds. The Morgan fingerprint density at radius 3 is 2.52 bits per heavy atom. The highest BCUT2D eigenvalue weighted by Gasteiger charge is 2.26. The van der Waals surface area contributed by atoms with Crippen LogP contribution in [0.3, 0.4) is 0 Å². The average Bonchev–Trinajstić information content (AvgIpc) is 2.71. The summed E-state index contributed by atoms with van der Waals surface area (Å²) in [6.07, 6.45) is 2.60. The lowest BCUT2D eigenvalue weighted by molar-refractivity contribution is 0.316. The summed E-state index contributed by atoms with van der Waals surface area (Å²) in [6, 6.07) is 4.96. The smallest absolute Gasteiger partial charge is 0.243 e. The topological polar surface area (TPSA) is 40.6 Å². The molecule has 0 bridgehead atoms. The fourth-order valence-electron chi connectivity index (χ4n) is 2.31. The van der Waals surface area contributed by atoms with Crippen molar-refractivity contribution in [1.29, 1.82) is 0 Å². The maximum absolute atomic E-state index is 12.9. The molecule has 0 radical (unpaired) electrons. The van der Waals surface area contributed by atoms with Gasteiger partial charge in [0.2, 0.25) is 10.0 Å². The Hall–Kier alpha value is -0.950. The van der Waals surface area contributed by atoms with Gasteiger partial charge < -0.3 is 0 Å². The lowest BCUT2D eigenvalue weighted by Crippen LogP contribution is -2.35. The van der Waals surface area contributed by atoms with Crippen LogP contribution in [-0.4, -0.2) is 50.3 Å². The lowest BCUT2D eigenvalue weighted by atomic mass is 10.4. The first-order chi connectivity index (χ1) is 10.0. The molecule has 4 nitrogen and oxygen atoms in total. The molecule has 2 rings (SSSR count). The van der Waals surface area contributed by atoms with Crippen molar-refractivity contribution in [3.8, 4) is 0 Å². The molecule has 1 saturated heterocycles. The second-order valence-electron chi connectivity index (χ2n) is 4.87. The molecular formula is C14H18ClFN2O2S. The van der Waals surface area contributed by atoms with E-state index in [4.69, 9.17) is 11.6 Å². The number of rotatable bonds is 4. The van der Waals surface area contributed by atoms with E-state index in [9.17, 15) is 12.8 Å². The number of nitrogens with zero attached hydrogens (tertiary/aromatic N) is 2. The molecular weight excluding hydrogens is 315 g/mol. The van der Waals surface area contributed by atoms with Gasteiger partial charge in [0.15, 0.2) is 0 Å². The van der Waals surface area contributed by atoms with Crippen molar-refractivity contribution < 1.29 is 12.8 Å². The van der Waals surface area contributed by atoms with Gasteiger partial charge in [-0.25, -0.2) is 12.8 Å². The van der Waals surface area contributed by atoms with Gasteiger partial charge in [-0.15, -0.1) is 0 Å². The van der Waals surface area contributed by atoms with E-state index in [1.807, 2.05) is 6.08 Å². The first-order valence-electron chi connectivity index (χ1n) is 6.77. The molecule has 0 unspecified atom stereocenters. The molecule has 1 heterocycles. The summed E-state index contributed by atoms with van der Waals surface area (Å²) in [5, 5.41) is 0. The number of benzene rings is 1. The van der Waals surface area contributed by atoms with Crippen molar-refractivity contribution in [1.82, 2.24) is 9.21 Å². The van der Waals surface area contributed by atoms with E-state index < -0.39 is 15.8 Å². The summed E-state index contributed by atoms with van der Waals surface area (Å²) in [5.74, 6) is -0.441. The molecule has 0 aromatic heterocycles. The zero-order valence-corrected chi connectivity index (χ0v) is 13.2. The van der Waals surface area contributed by atoms with Crippen LogP contribution in [0.15, 0.2) is 40.8 Å². The highest BCUT2D eigenvalue weighted by atomic mass is 35.5. The van der Waals surface area contributed by atoms with E-state index in [0.29, 0.717) is 26.2 Å².